The topological polar surface area (TPSA) is 61.8 Å². The average molecular weight is 432 g/mol. The average Bonchev–Trinajstić information content (AvgIpc) is 3.24. The van der Waals surface area contributed by atoms with Gasteiger partial charge in [-0.05, 0) is 41.3 Å². The van der Waals surface area contributed by atoms with Crippen LogP contribution in [-0.2, 0) is 11.2 Å². The maximum atomic E-state index is 13.0. The molecule has 0 spiro atoms. The first kappa shape index (κ1) is 19.8. The first-order valence-corrected chi connectivity index (χ1v) is 10.8. The van der Waals surface area contributed by atoms with E-state index in [0.717, 1.165) is 24.1 Å². The fraction of sp³-hybridized carbons (Fsp3) is 0.240. The Balaban J connectivity index is 1.36. The van der Waals surface area contributed by atoms with Crippen LogP contribution >= 0.6 is 11.6 Å². The van der Waals surface area contributed by atoms with Gasteiger partial charge >= 0.3 is 0 Å². The Labute approximate surface area is 186 Å². The van der Waals surface area contributed by atoms with E-state index in [2.05, 4.69) is 34.6 Å². The van der Waals surface area contributed by atoms with Gasteiger partial charge in [0.2, 0.25) is 5.91 Å². The van der Waals surface area contributed by atoms with Crippen LogP contribution in [-0.4, -0.2) is 31.1 Å². The molecule has 156 valence electrons. The molecule has 1 unspecified atom stereocenters. The minimum absolute atomic E-state index is 0.145. The summed E-state index contributed by atoms with van der Waals surface area (Å²) in [4.78, 5) is 31.8. The third kappa shape index (κ3) is 3.59. The molecule has 2 heterocycles. The number of allylic oxidation sites excluding steroid dienone is 3. The molecule has 2 aromatic carbocycles. The monoisotopic (exact) mass is 431 g/mol. The summed E-state index contributed by atoms with van der Waals surface area (Å²) >= 11 is 6.06. The van der Waals surface area contributed by atoms with Crippen molar-refractivity contribution in [1.82, 2.24) is 5.32 Å². The van der Waals surface area contributed by atoms with Gasteiger partial charge in [0.1, 0.15) is 6.04 Å². The molecule has 0 saturated carbocycles. The second kappa shape index (κ2) is 7.82. The largest absolute Gasteiger partial charge is 0.340 e. The molecule has 2 aliphatic heterocycles. The van der Waals surface area contributed by atoms with Crippen LogP contribution in [0.1, 0.15) is 40.2 Å². The highest BCUT2D eigenvalue weighted by Crippen LogP contribution is 2.38. The van der Waals surface area contributed by atoms with E-state index in [0.29, 0.717) is 28.6 Å². The van der Waals surface area contributed by atoms with Gasteiger partial charge in [0.05, 0.1) is 11.3 Å². The maximum Gasteiger partial charge on any atom is 0.254 e. The van der Waals surface area contributed by atoms with Crippen LogP contribution in [0.25, 0.3) is 0 Å². The van der Waals surface area contributed by atoms with Gasteiger partial charge < -0.3 is 10.2 Å². The molecular formula is C25H22ClN3O2. The van der Waals surface area contributed by atoms with Crippen LogP contribution in [0, 0.1) is 0 Å². The Bertz CT molecular complexity index is 1160. The molecule has 2 atom stereocenters. The SMILES string of the molecule is CN1C(=O)[C@H](Cc2ccc(C3CC=NC4=C3C=CC4)cc2)NC(=O)c2cc(Cl)ccc21. The van der Waals surface area contributed by atoms with Gasteiger partial charge in [-0.3, -0.25) is 14.6 Å². The molecule has 5 nitrogen and oxygen atoms in total. The molecule has 0 fully saturated rings. The van der Waals surface area contributed by atoms with Crippen molar-refractivity contribution in [3.8, 4) is 0 Å². The van der Waals surface area contributed by atoms with E-state index in [9.17, 15) is 9.59 Å². The van der Waals surface area contributed by atoms with Crippen molar-refractivity contribution < 1.29 is 9.59 Å². The number of aliphatic imine (C=N–C) groups is 1. The second-order valence-corrected chi connectivity index (χ2v) is 8.58. The smallest absolute Gasteiger partial charge is 0.254 e. The third-order valence-corrected chi connectivity index (χ3v) is 6.46. The van der Waals surface area contributed by atoms with Crippen LogP contribution in [0.4, 0.5) is 5.69 Å². The van der Waals surface area contributed by atoms with Crippen molar-refractivity contribution in [3.63, 3.8) is 0 Å². The molecule has 31 heavy (non-hydrogen) atoms. The Morgan fingerprint density at radius 2 is 1.97 bits per heavy atom. The number of fused-ring (bicyclic) bond motifs is 1. The second-order valence-electron chi connectivity index (χ2n) is 8.14. The van der Waals surface area contributed by atoms with Gasteiger partial charge in [-0.15, -0.1) is 0 Å². The third-order valence-electron chi connectivity index (χ3n) is 6.23. The zero-order valence-corrected chi connectivity index (χ0v) is 17.9. The van der Waals surface area contributed by atoms with E-state index in [-0.39, 0.29) is 11.8 Å². The number of carbonyl (C=O) groups is 2. The highest BCUT2D eigenvalue weighted by molar-refractivity contribution is 6.31. The lowest BCUT2D eigenvalue weighted by Crippen LogP contribution is -2.45. The van der Waals surface area contributed by atoms with Crippen LogP contribution in [0.5, 0.6) is 0 Å². The Morgan fingerprint density at radius 1 is 1.16 bits per heavy atom. The first-order chi connectivity index (χ1) is 15.0. The molecule has 0 radical (unpaired) electrons. The number of halogens is 1. The minimum atomic E-state index is -0.636. The van der Waals surface area contributed by atoms with Crippen molar-refractivity contribution in [1.29, 1.82) is 0 Å². The fourth-order valence-electron chi connectivity index (χ4n) is 4.56. The number of nitrogens with one attached hydrogen (secondary N) is 1. The first-order valence-electron chi connectivity index (χ1n) is 10.4. The number of rotatable bonds is 3. The van der Waals surface area contributed by atoms with E-state index >= 15 is 0 Å². The lowest BCUT2D eigenvalue weighted by molar-refractivity contribution is -0.120. The molecule has 6 heteroatoms. The fourth-order valence-corrected chi connectivity index (χ4v) is 4.73. The molecule has 1 aliphatic carbocycles. The van der Waals surface area contributed by atoms with Crippen LogP contribution < -0.4 is 10.2 Å². The van der Waals surface area contributed by atoms with Crippen LogP contribution in [0.3, 0.4) is 0 Å². The van der Waals surface area contributed by atoms with Gasteiger partial charge in [0.25, 0.3) is 5.91 Å². The number of nitrogens with zero attached hydrogens (tertiary/aromatic N) is 2. The van der Waals surface area contributed by atoms with Crippen molar-refractivity contribution in [2.45, 2.75) is 31.2 Å². The lowest BCUT2D eigenvalue weighted by Gasteiger charge is -2.22. The molecule has 0 aromatic heterocycles. The standard InChI is InChI=1S/C25H22ClN3O2/c1-29-23-10-9-17(26)14-20(23)24(30)28-22(25(29)31)13-15-5-7-16(8-6-15)18-11-12-27-21-4-2-3-19(18)21/h2-3,5-10,12,14,18,22H,4,11,13H2,1H3,(H,28,30)/t18?,22-/m0/s1. The number of hydrogen-bond acceptors (Lipinski definition) is 3. The summed E-state index contributed by atoms with van der Waals surface area (Å²) in [7, 11) is 1.69. The zero-order chi connectivity index (χ0) is 21.5. The van der Waals surface area contributed by atoms with Crippen molar-refractivity contribution >= 4 is 35.3 Å². The van der Waals surface area contributed by atoms with E-state index in [1.54, 1.807) is 25.2 Å². The molecule has 0 saturated heterocycles. The number of likely N-dealkylation sites (N-methyl/N-ethyl adjacent to an activating group) is 1. The van der Waals surface area contributed by atoms with Crippen LogP contribution in [0.15, 0.2) is 70.9 Å². The van der Waals surface area contributed by atoms with Crippen molar-refractivity contribution in [3.05, 3.63) is 87.6 Å². The molecule has 2 aromatic rings. The van der Waals surface area contributed by atoms with E-state index < -0.39 is 6.04 Å². The molecule has 2 amide bonds. The summed E-state index contributed by atoms with van der Waals surface area (Å²) in [5, 5.41) is 3.34. The van der Waals surface area contributed by atoms with Gasteiger partial charge in [0, 0.05) is 42.7 Å². The maximum absolute atomic E-state index is 13.0. The summed E-state index contributed by atoms with van der Waals surface area (Å²) in [5.41, 5.74) is 5.69. The summed E-state index contributed by atoms with van der Waals surface area (Å²) in [5.74, 6) is -0.108. The quantitative estimate of drug-likeness (QED) is 0.781. The molecular weight excluding hydrogens is 410 g/mol. The summed E-state index contributed by atoms with van der Waals surface area (Å²) in [6, 6.07) is 12.7. The lowest BCUT2D eigenvalue weighted by atomic mass is 9.86. The predicted molar refractivity (Wildman–Crippen MR) is 123 cm³/mol. The Kier molecular flexibility index (Phi) is 4.98. The number of anilines is 1. The normalized spacial score (nSPS) is 22.3. The molecule has 5 rings (SSSR count). The Hall–Kier alpha value is -3.18. The number of benzene rings is 2. The Morgan fingerprint density at radius 3 is 2.77 bits per heavy atom. The number of amides is 2. The van der Waals surface area contributed by atoms with Gasteiger partial charge in [0.15, 0.2) is 0 Å². The van der Waals surface area contributed by atoms with Gasteiger partial charge in [-0.25, -0.2) is 0 Å². The summed E-state index contributed by atoms with van der Waals surface area (Å²) < 4.78 is 0. The van der Waals surface area contributed by atoms with Crippen molar-refractivity contribution in [2.24, 2.45) is 4.99 Å². The zero-order valence-electron chi connectivity index (χ0n) is 17.1. The van der Waals surface area contributed by atoms with Crippen molar-refractivity contribution in [2.75, 3.05) is 11.9 Å². The van der Waals surface area contributed by atoms with E-state index in [4.69, 9.17) is 11.6 Å². The number of carbonyl (C=O) groups excluding carboxylic acids is 2. The van der Waals surface area contributed by atoms with Gasteiger partial charge in [-0.1, -0.05) is 48.0 Å². The molecule has 3 aliphatic rings. The highest BCUT2D eigenvalue weighted by Gasteiger charge is 2.32. The predicted octanol–water partition coefficient (Wildman–Crippen LogP) is 4.43. The summed E-state index contributed by atoms with van der Waals surface area (Å²) in [6.45, 7) is 0. The number of hydrogen-bond donors (Lipinski definition) is 1. The highest BCUT2D eigenvalue weighted by atomic mass is 35.5. The minimum Gasteiger partial charge on any atom is -0.340 e. The van der Waals surface area contributed by atoms with E-state index in [1.807, 2.05) is 18.3 Å². The van der Waals surface area contributed by atoms with Gasteiger partial charge in [-0.2, -0.15) is 0 Å². The summed E-state index contributed by atoms with van der Waals surface area (Å²) in [6.07, 6.45) is 8.58. The molecule has 1 N–H and O–H groups in total. The van der Waals surface area contributed by atoms with E-state index in [1.165, 1.54) is 16.0 Å². The molecule has 0 bridgehead atoms. The van der Waals surface area contributed by atoms with Crippen LogP contribution in [0.2, 0.25) is 5.02 Å².